The van der Waals surface area contributed by atoms with Crippen LogP contribution < -0.4 is 0 Å². The van der Waals surface area contributed by atoms with Crippen LogP contribution >= 0.6 is 0 Å². The molecule has 4 aromatic rings. The zero-order valence-electron chi connectivity index (χ0n) is 20.8. The van der Waals surface area contributed by atoms with Gasteiger partial charge in [-0.2, -0.15) is 13.2 Å². The number of unbranched alkanes of at least 4 members (excludes halogenated alkanes) is 2. The molecular formula is C31H31F3N2. The van der Waals surface area contributed by atoms with E-state index in [1.165, 1.54) is 5.56 Å². The summed E-state index contributed by atoms with van der Waals surface area (Å²) in [5, 5.41) is 8.19. The quantitative estimate of drug-likeness (QED) is 0.235. The second-order valence-electron chi connectivity index (χ2n) is 9.17. The molecule has 186 valence electrons. The average Bonchev–Trinajstić information content (AvgIpc) is 2.90. The Kier molecular flexibility index (Phi) is 8.19. The molecule has 0 saturated carbocycles. The fourth-order valence-corrected chi connectivity index (χ4v) is 4.25. The maximum atomic E-state index is 14.0. The summed E-state index contributed by atoms with van der Waals surface area (Å²) >= 11 is 0. The van der Waals surface area contributed by atoms with Crippen LogP contribution in [0.2, 0.25) is 0 Å². The Morgan fingerprint density at radius 3 is 1.50 bits per heavy atom. The normalized spacial score (nSPS) is 11.6. The summed E-state index contributed by atoms with van der Waals surface area (Å²) in [6, 6.07) is 24.1. The number of hydrogen-bond donors (Lipinski definition) is 0. The van der Waals surface area contributed by atoms with E-state index in [0.29, 0.717) is 11.1 Å². The number of rotatable bonds is 9. The molecule has 36 heavy (non-hydrogen) atoms. The summed E-state index contributed by atoms with van der Waals surface area (Å²) in [6.07, 6.45) is 1.87. The summed E-state index contributed by atoms with van der Waals surface area (Å²) in [5.41, 5.74) is 4.78. The molecule has 0 radical (unpaired) electrons. The SMILES string of the molecule is CCCCc1ccc(-c2ccc(-c3cc(C(F)(F)F)c(-c4ccc(CCCC)cc4)nn3)cc2)cc1. The van der Waals surface area contributed by atoms with Crippen LogP contribution in [0, 0.1) is 0 Å². The van der Waals surface area contributed by atoms with E-state index >= 15 is 0 Å². The Morgan fingerprint density at radius 2 is 1.03 bits per heavy atom. The standard InChI is InChI=1S/C31H31F3N2/c1-3-5-7-22-9-13-24(14-10-22)25-17-19-26(20-18-25)29-21-28(31(32,33)34)30(36-35-29)27-15-11-23(12-16-27)8-6-4-2/h9-21H,3-8H2,1-2H3. The first-order chi connectivity index (χ1) is 17.4. The second kappa shape index (κ2) is 11.5. The van der Waals surface area contributed by atoms with Gasteiger partial charge >= 0.3 is 6.18 Å². The van der Waals surface area contributed by atoms with E-state index in [1.54, 1.807) is 24.3 Å². The molecule has 0 fully saturated rings. The number of aryl methyl sites for hydroxylation is 2. The zero-order valence-corrected chi connectivity index (χ0v) is 20.8. The molecule has 0 saturated heterocycles. The first-order valence-electron chi connectivity index (χ1n) is 12.6. The molecule has 5 heteroatoms. The van der Waals surface area contributed by atoms with E-state index < -0.39 is 11.7 Å². The first kappa shape index (κ1) is 25.6. The molecule has 0 spiro atoms. The highest BCUT2D eigenvalue weighted by molar-refractivity contribution is 5.71. The van der Waals surface area contributed by atoms with E-state index in [0.717, 1.165) is 61.3 Å². The van der Waals surface area contributed by atoms with Crippen LogP contribution in [0.4, 0.5) is 13.2 Å². The number of alkyl halides is 3. The van der Waals surface area contributed by atoms with Crippen LogP contribution in [0.3, 0.4) is 0 Å². The van der Waals surface area contributed by atoms with Crippen LogP contribution in [0.25, 0.3) is 33.6 Å². The van der Waals surface area contributed by atoms with Crippen molar-refractivity contribution in [3.8, 4) is 33.6 Å². The number of nitrogens with zero attached hydrogens (tertiary/aromatic N) is 2. The molecule has 0 unspecified atom stereocenters. The predicted octanol–water partition coefficient (Wildman–Crippen LogP) is 9.18. The van der Waals surface area contributed by atoms with Crippen LogP contribution in [0.1, 0.15) is 56.2 Å². The zero-order chi connectivity index (χ0) is 25.5. The maximum absolute atomic E-state index is 14.0. The van der Waals surface area contributed by atoms with Gasteiger partial charge in [-0.15, -0.1) is 10.2 Å². The summed E-state index contributed by atoms with van der Waals surface area (Å²) in [6.45, 7) is 4.29. The van der Waals surface area contributed by atoms with Crippen LogP contribution in [0.5, 0.6) is 0 Å². The number of halogens is 3. The van der Waals surface area contributed by atoms with Crippen molar-refractivity contribution in [2.45, 2.75) is 58.5 Å². The Bertz CT molecular complexity index is 1260. The number of hydrogen-bond acceptors (Lipinski definition) is 2. The summed E-state index contributed by atoms with van der Waals surface area (Å²) < 4.78 is 42.0. The third-order valence-electron chi connectivity index (χ3n) is 6.43. The van der Waals surface area contributed by atoms with Gasteiger partial charge in [0, 0.05) is 11.1 Å². The minimum absolute atomic E-state index is 0.145. The summed E-state index contributed by atoms with van der Waals surface area (Å²) in [5.74, 6) is 0. The van der Waals surface area contributed by atoms with Gasteiger partial charge in [0.15, 0.2) is 0 Å². The smallest absolute Gasteiger partial charge is 0.166 e. The third-order valence-corrected chi connectivity index (χ3v) is 6.43. The maximum Gasteiger partial charge on any atom is 0.418 e. The van der Waals surface area contributed by atoms with E-state index in [2.05, 4.69) is 48.3 Å². The lowest BCUT2D eigenvalue weighted by Crippen LogP contribution is -2.10. The Morgan fingerprint density at radius 1 is 0.583 bits per heavy atom. The molecule has 0 bridgehead atoms. The third kappa shape index (κ3) is 6.20. The first-order valence-corrected chi connectivity index (χ1v) is 12.6. The highest BCUT2D eigenvalue weighted by Crippen LogP contribution is 2.37. The molecular weight excluding hydrogens is 457 g/mol. The minimum Gasteiger partial charge on any atom is -0.166 e. The van der Waals surface area contributed by atoms with E-state index in [9.17, 15) is 13.2 Å². The van der Waals surface area contributed by atoms with Gasteiger partial charge < -0.3 is 0 Å². The topological polar surface area (TPSA) is 25.8 Å². The predicted molar refractivity (Wildman–Crippen MR) is 141 cm³/mol. The van der Waals surface area contributed by atoms with Crippen molar-refractivity contribution in [2.24, 2.45) is 0 Å². The fraction of sp³-hybridized carbons (Fsp3) is 0.290. The highest BCUT2D eigenvalue weighted by Gasteiger charge is 2.35. The molecule has 0 aliphatic rings. The number of aromatic nitrogens is 2. The average molecular weight is 489 g/mol. The lowest BCUT2D eigenvalue weighted by molar-refractivity contribution is -0.137. The molecule has 0 atom stereocenters. The van der Waals surface area contributed by atoms with Crippen molar-refractivity contribution in [2.75, 3.05) is 0 Å². The molecule has 1 aromatic heterocycles. The van der Waals surface area contributed by atoms with Crippen molar-refractivity contribution in [3.05, 3.63) is 95.6 Å². The largest absolute Gasteiger partial charge is 0.418 e. The molecule has 3 aromatic carbocycles. The Labute approximate surface area is 211 Å². The van der Waals surface area contributed by atoms with E-state index in [4.69, 9.17) is 0 Å². The highest BCUT2D eigenvalue weighted by atomic mass is 19.4. The Balaban J connectivity index is 1.59. The summed E-state index contributed by atoms with van der Waals surface area (Å²) in [7, 11) is 0. The van der Waals surface area contributed by atoms with Gasteiger partial charge in [0.05, 0.1) is 11.3 Å². The van der Waals surface area contributed by atoms with Gasteiger partial charge in [0.1, 0.15) is 5.69 Å². The fourth-order valence-electron chi connectivity index (χ4n) is 4.25. The molecule has 4 rings (SSSR count). The van der Waals surface area contributed by atoms with Crippen LogP contribution in [-0.2, 0) is 19.0 Å². The van der Waals surface area contributed by atoms with Crippen LogP contribution in [-0.4, -0.2) is 10.2 Å². The molecule has 0 N–H and O–H groups in total. The lowest BCUT2D eigenvalue weighted by Gasteiger charge is -2.14. The molecule has 1 heterocycles. The monoisotopic (exact) mass is 488 g/mol. The van der Waals surface area contributed by atoms with Gasteiger partial charge in [-0.1, -0.05) is 99.5 Å². The van der Waals surface area contributed by atoms with E-state index in [-0.39, 0.29) is 11.4 Å². The van der Waals surface area contributed by atoms with Crippen molar-refractivity contribution in [1.82, 2.24) is 10.2 Å². The minimum atomic E-state index is -4.54. The van der Waals surface area contributed by atoms with Crippen molar-refractivity contribution in [1.29, 1.82) is 0 Å². The second-order valence-corrected chi connectivity index (χ2v) is 9.17. The number of benzene rings is 3. The molecule has 0 amide bonds. The van der Waals surface area contributed by atoms with Gasteiger partial charge in [0.2, 0.25) is 0 Å². The van der Waals surface area contributed by atoms with Gasteiger partial charge in [-0.05, 0) is 54.0 Å². The van der Waals surface area contributed by atoms with E-state index in [1.807, 2.05) is 24.3 Å². The molecule has 0 aliphatic heterocycles. The van der Waals surface area contributed by atoms with Crippen molar-refractivity contribution >= 4 is 0 Å². The molecule has 2 nitrogen and oxygen atoms in total. The van der Waals surface area contributed by atoms with Crippen LogP contribution in [0.15, 0.2) is 78.9 Å². The van der Waals surface area contributed by atoms with Gasteiger partial charge in [-0.25, -0.2) is 0 Å². The molecule has 0 aliphatic carbocycles. The lowest BCUT2D eigenvalue weighted by atomic mass is 9.99. The summed E-state index contributed by atoms with van der Waals surface area (Å²) in [4.78, 5) is 0. The van der Waals surface area contributed by atoms with Crippen molar-refractivity contribution < 1.29 is 13.2 Å². The van der Waals surface area contributed by atoms with Gasteiger partial charge in [0.25, 0.3) is 0 Å². The van der Waals surface area contributed by atoms with Crippen molar-refractivity contribution in [3.63, 3.8) is 0 Å². The Hall–Kier alpha value is -3.47. The van der Waals surface area contributed by atoms with Gasteiger partial charge in [-0.3, -0.25) is 0 Å².